The zero-order chi connectivity index (χ0) is 15.1. The highest BCUT2D eigenvalue weighted by atomic mass is 32.2. The second kappa shape index (κ2) is 8.44. The molecule has 21 heavy (non-hydrogen) atoms. The molecule has 0 aliphatic carbocycles. The SMILES string of the molecule is Cc1noc(C)c1CSCC(=O)NCCC1CCCNC1. The second-order valence-corrected chi connectivity index (χ2v) is 6.63. The quantitative estimate of drug-likeness (QED) is 0.806. The van der Waals surface area contributed by atoms with Crippen LogP contribution in [0, 0.1) is 19.8 Å². The minimum atomic E-state index is 0.121. The van der Waals surface area contributed by atoms with Gasteiger partial charge in [0, 0.05) is 17.9 Å². The van der Waals surface area contributed by atoms with E-state index in [0.29, 0.717) is 11.7 Å². The van der Waals surface area contributed by atoms with Gasteiger partial charge < -0.3 is 15.2 Å². The number of aryl methyl sites for hydroxylation is 2. The summed E-state index contributed by atoms with van der Waals surface area (Å²) < 4.78 is 5.12. The molecule has 2 N–H and O–H groups in total. The first kappa shape index (κ1) is 16.4. The van der Waals surface area contributed by atoms with Crippen LogP contribution >= 0.6 is 11.8 Å². The third-order valence-electron chi connectivity index (χ3n) is 3.93. The maximum Gasteiger partial charge on any atom is 0.230 e. The molecule has 1 atom stereocenters. The van der Waals surface area contributed by atoms with Crippen molar-refractivity contribution in [3.05, 3.63) is 17.0 Å². The Morgan fingerprint density at radius 3 is 3.05 bits per heavy atom. The van der Waals surface area contributed by atoms with Gasteiger partial charge in [-0.25, -0.2) is 0 Å². The summed E-state index contributed by atoms with van der Waals surface area (Å²) in [5.74, 6) is 2.96. The van der Waals surface area contributed by atoms with Crippen LogP contribution in [0.4, 0.5) is 0 Å². The van der Waals surface area contributed by atoms with Gasteiger partial charge in [-0.3, -0.25) is 4.79 Å². The normalized spacial score (nSPS) is 18.7. The number of carbonyl (C=O) groups is 1. The van der Waals surface area contributed by atoms with E-state index in [1.807, 2.05) is 13.8 Å². The summed E-state index contributed by atoms with van der Waals surface area (Å²) in [7, 11) is 0. The average molecular weight is 311 g/mol. The Hall–Kier alpha value is -1.01. The Bertz CT molecular complexity index is 436. The molecule has 1 unspecified atom stereocenters. The molecule has 1 aromatic heterocycles. The van der Waals surface area contributed by atoms with Gasteiger partial charge in [-0.15, -0.1) is 11.8 Å². The molecule has 1 aliphatic rings. The van der Waals surface area contributed by atoms with Crippen LogP contribution in [0.25, 0.3) is 0 Å². The zero-order valence-electron chi connectivity index (χ0n) is 12.9. The highest BCUT2D eigenvalue weighted by Crippen LogP contribution is 2.19. The Morgan fingerprint density at radius 1 is 1.52 bits per heavy atom. The van der Waals surface area contributed by atoms with Crippen LogP contribution in [-0.2, 0) is 10.5 Å². The number of piperidine rings is 1. The third-order valence-corrected chi connectivity index (χ3v) is 4.89. The topological polar surface area (TPSA) is 67.2 Å². The fourth-order valence-corrected chi connectivity index (χ4v) is 3.60. The first-order valence-corrected chi connectivity index (χ1v) is 8.79. The predicted molar refractivity (Wildman–Crippen MR) is 85.4 cm³/mol. The van der Waals surface area contributed by atoms with Gasteiger partial charge in [0.2, 0.25) is 5.91 Å². The fourth-order valence-electron chi connectivity index (χ4n) is 2.59. The van der Waals surface area contributed by atoms with Crippen LogP contribution in [0.5, 0.6) is 0 Å². The molecule has 2 rings (SSSR count). The minimum absolute atomic E-state index is 0.121. The van der Waals surface area contributed by atoms with Gasteiger partial charge in [-0.1, -0.05) is 5.16 Å². The first-order chi connectivity index (χ1) is 10.2. The fraction of sp³-hybridized carbons (Fsp3) is 0.733. The Balaban J connectivity index is 1.57. The highest BCUT2D eigenvalue weighted by Gasteiger charge is 2.13. The van der Waals surface area contributed by atoms with E-state index in [1.165, 1.54) is 12.8 Å². The molecule has 6 heteroatoms. The number of nitrogens with one attached hydrogen (secondary N) is 2. The average Bonchev–Trinajstić information content (AvgIpc) is 2.80. The molecule has 5 nitrogen and oxygen atoms in total. The van der Waals surface area contributed by atoms with Crippen molar-refractivity contribution in [3.63, 3.8) is 0 Å². The van der Waals surface area contributed by atoms with Gasteiger partial charge in [0.05, 0.1) is 11.4 Å². The molecular weight excluding hydrogens is 286 g/mol. The van der Waals surface area contributed by atoms with Crippen LogP contribution in [0.1, 0.15) is 36.3 Å². The van der Waals surface area contributed by atoms with Gasteiger partial charge in [-0.2, -0.15) is 0 Å². The number of hydrogen-bond donors (Lipinski definition) is 2. The number of thioether (sulfide) groups is 1. The van der Waals surface area contributed by atoms with Crippen molar-refractivity contribution in [1.82, 2.24) is 15.8 Å². The lowest BCUT2D eigenvalue weighted by Gasteiger charge is -2.22. The maximum absolute atomic E-state index is 11.8. The number of carbonyl (C=O) groups excluding carboxylic acids is 1. The van der Waals surface area contributed by atoms with E-state index >= 15 is 0 Å². The molecule has 2 heterocycles. The summed E-state index contributed by atoms with van der Waals surface area (Å²) in [6.07, 6.45) is 3.61. The van der Waals surface area contributed by atoms with E-state index in [2.05, 4.69) is 15.8 Å². The molecule has 1 saturated heterocycles. The number of amides is 1. The van der Waals surface area contributed by atoms with E-state index in [-0.39, 0.29) is 5.91 Å². The van der Waals surface area contributed by atoms with E-state index in [4.69, 9.17) is 4.52 Å². The van der Waals surface area contributed by atoms with E-state index in [1.54, 1.807) is 11.8 Å². The smallest absolute Gasteiger partial charge is 0.230 e. The number of rotatable bonds is 7. The van der Waals surface area contributed by atoms with Crippen molar-refractivity contribution in [1.29, 1.82) is 0 Å². The molecule has 0 aromatic carbocycles. The second-order valence-electron chi connectivity index (χ2n) is 5.65. The Morgan fingerprint density at radius 2 is 2.38 bits per heavy atom. The Kier molecular flexibility index (Phi) is 6.57. The van der Waals surface area contributed by atoms with Gasteiger partial charge in [-0.05, 0) is 52.1 Å². The first-order valence-electron chi connectivity index (χ1n) is 7.63. The lowest BCUT2D eigenvalue weighted by Crippen LogP contribution is -2.33. The molecule has 0 saturated carbocycles. The summed E-state index contributed by atoms with van der Waals surface area (Å²) in [4.78, 5) is 11.8. The van der Waals surface area contributed by atoms with Crippen molar-refractivity contribution in [2.75, 3.05) is 25.4 Å². The van der Waals surface area contributed by atoms with E-state index in [0.717, 1.165) is 48.8 Å². The minimum Gasteiger partial charge on any atom is -0.361 e. The molecule has 1 amide bonds. The Labute approximate surface area is 130 Å². The van der Waals surface area contributed by atoms with Crippen molar-refractivity contribution in [3.8, 4) is 0 Å². The van der Waals surface area contributed by atoms with Crippen LogP contribution in [0.2, 0.25) is 0 Å². The largest absolute Gasteiger partial charge is 0.361 e. The maximum atomic E-state index is 11.8. The number of nitrogens with zero attached hydrogens (tertiary/aromatic N) is 1. The standard InChI is InChI=1S/C15H25N3O2S/c1-11-14(12(2)20-18-11)9-21-10-15(19)17-7-5-13-4-3-6-16-8-13/h13,16H,3-10H2,1-2H3,(H,17,19). The van der Waals surface area contributed by atoms with Crippen LogP contribution < -0.4 is 10.6 Å². The molecule has 0 spiro atoms. The zero-order valence-corrected chi connectivity index (χ0v) is 13.7. The third kappa shape index (κ3) is 5.36. The van der Waals surface area contributed by atoms with Crippen molar-refractivity contribution in [2.45, 2.75) is 38.9 Å². The van der Waals surface area contributed by atoms with Gasteiger partial charge >= 0.3 is 0 Å². The van der Waals surface area contributed by atoms with Crippen molar-refractivity contribution >= 4 is 17.7 Å². The molecule has 1 aromatic rings. The summed E-state index contributed by atoms with van der Waals surface area (Å²) in [5, 5.41) is 10.3. The van der Waals surface area contributed by atoms with Gasteiger partial charge in [0.15, 0.2) is 0 Å². The van der Waals surface area contributed by atoms with Crippen LogP contribution in [0.15, 0.2) is 4.52 Å². The number of aromatic nitrogens is 1. The van der Waals surface area contributed by atoms with Gasteiger partial charge in [0.25, 0.3) is 0 Å². The monoisotopic (exact) mass is 311 g/mol. The molecule has 118 valence electrons. The summed E-state index contributed by atoms with van der Waals surface area (Å²) in [6, 6.07) is 0. The van der Waals surface area contributed by atoms with Gasteiger partial charge in [0.1, 0.15) is 5.76 Å². The van der Waals surface area contributed by atoms with Crippen molar-refractivity contribution < 1.29 is 9.32 Å². The van der Waals surface area contributed by atoms with Crippen LogP contribution in [0.3, 0.4) is 0 Å². The molecular formula is C15H25N3O2S. The van der Waals surface area contributed by atoms with E-state index < -0.39 is 0 Å². The lowest BCUT2D eigenvalue weighted by molar-refractivity contribution is -0.118. The highest BCUT2D eigenvalue weighted by molar-refractivity contribution is 7.99. The van der Waals surface area contributed by atoms with E-state index in [9.17, 15) is 4.79 Å². The van der Waals surface area contributed by atoms with Crippen LogP contribution in [-0.4, -0.2) is 36.5 Å². The molecule has 0 radical (unpaired) electrons. The molecule has 1 fully saturated rings. The number of hydrogen-bond acceptors (Lipinski definition) is 5. The molecule has 0 bridgehead atoms. The summed E-state index contributed by atoms with van der Waals surface area (Å²) in [6.45, 7) is 6.87. The molecule has 1 aliphatic heterocycles. The predicted octanol–water partition coefficient (Wildman–Crippen LogP) is 2.03. The lowest BCUT2D eigenvalue weighted by atomic mass is 9.96. The summed E-state index contributed by atoms with van der Waals surface area (Å²) >= 11 is 1.61. The summed E-state index contributed by atoms with van der Waals surface area (Å²) in [5.41, 5.74) is 2.03. The van der Waals surface area contributed by atoms with Crippen molar-refractivity contribution in [2.24, 2.45) is 5.92 Å².